The highest BCUT2D eigenvalue weighted by atomic mass is 79.9. The minimum atomic E-state index is -3.51. The highest BCUT2D eigenvalue weighted by Gasteiger charge is 2.22. The maximum atomic E-state index is 12.2. The van der Waals surface area contributed by atoms with Crippen LogP contribution < -0.4 is 10.0 Å². The average molecular weight is 367 g/mol. The zero-order chi connectivity index (χ0) is 15.2. The molecule has 0 saturated carbocycles. The van der Waals surface area contributed by atoms with Gasteiger partial charge in [0.05, 0.1) is 6.54 Å². The van der Waals surface area contributed by atoms with Gasteiger partial charge in [0.2, 0.25) is 10.0 Å². The summed E-state index contributed by atoms with van der Waals surface area (Å²) in [5.74, 6) is 1.06. The Labute approximate surface area is 129 Å². The molecule has 0 bridgehead atoms. The molecule has 0 atom stereocenters. The summed E-state index contributed by atoms with van der Waals surface area (Å²) >= 11 is 3.17. The SMILES string of the molecule is CCCNCc1cc(S(=O)(=O)NCCC(C)C)c(Br)o1. The highest BCUT2D eigenvalue weighted by molar-refractivity contribution is 9.10. The molecule has 1 rings (SSSR count). The van der Waals surface area contributed by atoms with E-state index in [0.717, 1.165) is 19.4 Å². The standard InChI is InChI=1S/C13H23BrN2O3S/c1-4-6-15-9-11-8-12(13(14)19-11)20(17,18)16-7-5-10(2)3/h8,10,15-16H,4-7,9H2,1-3H3. The first-order chi connectivity index (χ1) is 9.36. The molecule has 0 aliphatic rings. The van der Waals surface area contributed by atoms with E-state index in [0.29, 0.717) is 24.8 Å². The zero-order valence-electron chi connectivity index (χ0n) is 12.2. The molecule has 0 aromatic carbocycles. The van der Waals surface area contributed by atoms with Gasteiger partial charge in [0.1, 0.15) is 10.7 Å². The van der Waals surface area contributed by atoms with E-state index >= 15 is 0 Å². The topological polar surface area (TPSA) is 71.3 Å². The van der Waals surface area contributed by atoms with Crippen molar-refractivity contribution >= 4 is 26.0 Å². The summed E-state index contributed by atoms with van der Waals surface area (Å²) in [6.45, 7) is 8.00. The predicted octanol–water partition coefficient (Wildman–Crippen LogP) is 2.87. The first-order valence-electron chi connectivity index (χ1n) is 6.85. The van der Waals surface area contributed by atoms with Gasteiger partial charge in [-0.2, -0.15) is 0 Å². The minimum absolute atomic E-state index is 0.162. The van der Waals surface area contributed by atoms with Gasteiger partial charge in [0, 0.05) is 12.6 Å². The minimum Gasteiger partial charge on any atom is -0.452 e. The third kappa shape index (κ3) is 5.55. The summed E-state index contributed by atoms with van der Waals surface area (Å²) < 4.78 is 32.6. The van der Waals surface area contributed by atoms with E-state index < -0.39 is 10.0 Å². The highest BCUT2D eigenvalue weighted by Crippen LogP contribution is 2.26. The van der Waals surface area contributed by atoms with Gasteiger partial charge in [-0.25, -0.2) is 13.1 Å². The molecule has 0 aliphatic heterocycles. The van der Waals surface area contributed by atoms with E-state index in [1.165, 1.54) is 0 Å². The predicted molar refractivity (Wildman–Crippen MR) is 83.0 cm³/mol. The van der Waals surface area contributed by atoms with Crippen molar-refractivity contribution in [3.8, 4) is 0 Å². The Morgan fingerprint density at radius 3 is 2.65 bits per heavy atom. The number of nitrogens with one attached hydrogen (secondary N) is 2. The van der Waals surface area contributed by atoms with Crippen molar-refractivity contribution in [1.29, 1.82) is 0 Å². The van der Waals surface area contributed by atoms with Gasteiger partial charge in [-0.3, -0.25) is 0 Å². The Morgan fingerprint density at radius 1 is 1.35 bits per heavy atom. The summed E-state index contributed by atoms with van der Waals surface area (Å²) in [6, 6.07) is 1.56. The maximum absolute atomic E-state index is 12.2. The molecule has 0 spiro atoms. The molecule has 0 aliphatic carbocycles. The summed E-state index contributed by atoms with van der Waals surface area (Å²) in [5, 5.41) is 3.17. The number of furan rings is 1. The third-order valence-corrected chi connectivity index (χ3v) is 5.05. The van der Waals surface area contributed by atoms with Crippen LogP contribution in [-0.2, 0) is 16.6 Å². The first-order valence-corrected chi connectivity index (χ1v) is 9.13. The van der Waals surface area contributed by atoms with Gasteiger partial charge in [-0.1, -0.05) is 20.8 Å². The Bertz CT molecular complexity index is 512. The van der Waals surface area contributed by atoms with Crippen molar-refractivity contribution < 1.29 is 12.8 Å². The van der Waals surface area contributed by atoms with Gasteiger partial charge < -0.3 is 9.73 Å². The lowest BCUT2D eigenvalue weighted by molar-refractivity contribution is 0.460. The second kappa shape index (κ2) is 8.17. The zero-order valence-corrected chi connectivity index (χ0v) is 14.6. The van der Waals surface area contributed by atoms with Crippen molar-refractivity contribution in [2.75, 3.05) is 13.1 Å². The molecule has 5 nitrogen and oxygen atoms in total. The fourth-order valence-electron chi connectivity index (χ4n) is 1.62. The second-order valence-electron chi connectivity index (χ2n) is 5.11. The summed E-state index contributed by atoms with van der Waals surface area (Å²) in [5.41, 5.74) is 0. The van der Waals surface area contributed by atoms with Crippen LogP contribution in [0.15, 0.2) is 20.0 Å². The molecule has 20 heavy (non-hydrogen) atoms. The Hall–Kier alpha value is -0.370. The van der Waals surface area contributed by atoms with Gasteiger partial charge in [0.15, 0.2) is 4.67 Å². The lowest BCUT2D eigenvalue weighted by atomic mass is 10.1. The fourth-order valence-corrected chi connectivity index (χ4v) is 3.66. The van der Waals surface area contributed by atoms with Crippen LogP contribution in [0.25, 0.3) is 0 Å². The molecule has 0 amide bonds. The maximum Gasteiger partial charge on any atom is 0.244 e. The molecule has 0 saturated heterocycles. The van der Waals surface area contributed by atoms with Gasteiger partial charge in [-0.15, -0.1) is 0 Å². The van der Waals surface area contributed by atoms with Crippen LogP contribution in [0, 0.1) is 5.92 Å². The number of rotatable bonds is 9. The van der Waals surface area contributed by atoms with Gasteiger partial charge >= 0.3 is 0 Å². The summed E-state index contributed by atoms with van der Waals surface area (Å²) in [6.07, 6.45) is 1.82. The third-order valence-electron chi connectivity index (χ3n) is 2.74. The largest absolute Gasteiger partial charge is 0.452 e. The Morgan fingerprint density at radius 2 is 2.05 bits per heavy atom. The number of halogens is 1. The number of hydrogen-bond donors (Lipinski definition) is 2. The van der Waals surface area contributed by atoms with E-state index in [2.05, 4.69) is 46.7 Å². The van der Waals surface area contributed by atoms with E-state index in [4.69, 9.17) is 4.42 Å². The van der Waals surface area contributed by atoms with Crippen molar-refractivity contribution in [3.63, 3.8) is 0 Å². The van der Waals surface area contributed by atoms with Crippen LogP contribution in [0.1, 0.15) is 39.4 Å². The van der Waals surface area contributed by atoms with Crippen LogP contribution in [0.3, 0.4) is 0 Å². The van der Waals surface area contributed by atoms with E-state index in [1.54, 1.807) is 6.07 Å². The molecule has 1 aromatic rings. The van der Waals surface area contributed by atoms with E-state index in [1.807, 2.05) is 0 Å². The van der Waals surface area contributed by atoms with Crippen molar-refractivity contribution in [1.82, 2.24) is 10.0 Å². The quantitative estimate of drug-likeness (QED) is 0.659. The molecule has 0 unspecified atom stereocenters. The van der Waals surface area contributed by atoms with Crippen LogP contribution in [0.5, 0.6) is 0 Å². The lowest BCUT2D eigenvalue weighted by Gasteiger charge is -2.06. The number of sulfonamides is 1. The fraction of sp³-hybridized carbons (Fsp3) is 0.692. The van der Waals surface area contributed by atoms with Gasteiger partial charge in [-0.05, 0) is 41.2 Å². The summed E-state index contributed by atoms with van der Waals surface area (Å²) in [4.78, 5) is 0.162. The monoisotopic (exact) mass is 366 g/mol. The molecule has 0 radical (unpaired) electrons. The Kier molecular flexibility index (Phi) is 7.22. The van der Waals surface area contributed by atoms with Crippen LogP contribution >= 0.6 is 15.9 Å². The van der Waals surface area contributed by atoms with Crippen molar-refractivity contribution in [3.05, 3.63) is 16.5 Å². The molecule has 1 heterocycles. The second-order valence-corrected chi connectivity index (χ2v) is 7.56. The number of hydrogen-bond acceptors (Lipinski definition) is 4. The summed E-state index contributed by atoms with van der Waals surface area (Å²) in [7, 11) is -3.51. The van der Waals surface area contributed by atoms with Crippen molar-refractivity contribution in [2.45, 2.75) is 45.1 Å². The van der Waals surface area contributed by atoms with E-state index in [9.17, 15) is 8.42 Å². The molecule has 1 aromatic heterocycles. The average Bonchev–Trinajstić information content (AvgIpc) is 2.71. The lowest BCUT2D eigenvalue weighted by Crippen LogP contribution is -2.25. The molecule has 116 valence electrons. The van der Waals surface area contributed by atoms with Crippen molar-refractivity contribution in [2.24, 2.45) is 5.92 Å². The molecular formula is C13H23BrN2O3S. The van der Waals surface area contributed by atoms with Gasteiger partial charge in [0.25, 0.3) is 0 Å². The Balaban J connectivity index is 2.69. The molecule has 7 heteroatoms. The molecular weight excluding hydrogens is 344 g/mol. The molecule has 2 N–H and O–H groups in total. The first kappa shape index (κ1) is 17.7. The smallest absolute Gasteiger partial charge is 0.244 e. The van der Waals surface area contributed by atoms with Crippen LogP contribution in [0.2, 0.25) is 0 Å². The van der Waals surface area contributed by atoms with E-state index in [-0.39, 0.29) is 9.56 Å². The molecule has 0 fully saturated rings. The normalized spacial score (nSPS) is 12.2. The van der Waals surface area contributed by atoms with Crippen LogP contribution in [0.4, 0.5) is 0 Å². The van der Waals surface area contributed by atoms with Crippen LogP contribution in [-0.4, -0.2) is 21.5 Å².